The van der Waals surface area contributed by atoms with Crippen molar-refractivity contribution < 1.29 is 17.9 Å². The highest BCUT2D eigenvalue weighted by Crippen LogP contribution is 2.29. The van der Waals surface area contributed by atoms with E-state index in [-0.39, 0.29) is 17.1 Å². The Balaban J connectivity index is 2.32. The predicted molar refractivity (Wildman–Crippen MR) is 79.2 cm³/mol. The molecule has 0 bridgehead atoms. The maximum Gasteiger partial charge on any atom is 0.244 e. The van der Waals surface area contributed by atoms with E-state index in [1.807, 2.05) is 6.92 Å². The Bertz CT molecular complexity index is 578. The van der Waals surface area contributed by atoms with E-state index in [9.17, 15) is 8.42 Å². The van der Waals surface area contributed by atoms with E-state index in [4.69, 9.17) is 9.47 Å². The van der Waals surface area contributed by atoms with Crippen LogP contribution in [0.5, 0.6) is 0 Å². The van der Waals surface area contributed by atoms with Gasteiger partial charge in [-0.3, -0.25) is 0 Å². The average Bonchev–Trinajstić information content (AvgIpc) is 2.82. The molecule has 1 saturated heterocycles. The molecule has 112 valence electrons. The number of ether oxygens (including phenoxy) is 2. The van der Waals surface area contributed by atoms with Crippen molar-refractivity contribution in [1.29, 1.82) is 0 Å². The second-order valence-corrected chi connectivity index (χ2v) is 7.56. The standard InChI is InChI=1S/C13H18BrNO4S/c1-9-4-5-13(10(14)6-9)20(16,17)15-7-11(18-2)12(8-15)19-3/h4-6,11-12H,7-8H2,1-3H3. The summed E-state index contributed by atoms with van der Waals surface area (Å²) in [4.78, 5) is 0.273. The van der Waals surface area contributed by atoms with Crippen LogP contribution in [-0.2, 0) is 19.5 Å². The Kier molecular flexibility index (Phi) is 4.86. The number of sulfonamides is 1. The Morgan fingerprint density at radius 2 is 1.75 bits per heavy atom. The maximum atomic E-state index is 12.7. The first-order chi connectivity index (χ1) is 9.40. The van der Waals surface area contributed by atoms with Crippen LogP contribution in [0.3, 0.4) is 0 Å². The largest absolute Gasteiger partial charge is 0.377 e. The molecule has 1 aromatic rings. The summed E-state index contributed by atoms with van der Waals surface area (Å²) in [7, 11) is -0.418. The van der Waals surface area contributed by atoms with Crippen LogP contribution in [-0.4, -0.2) is 52.2 Å². The normalized spacial score (nSPS) is 24.2. The molecule has 0 aromatic heterocycles. The van der Waals surface area contributed by atoms with Crippen molar-refractivity contribution in [3.8, 4) is 0 Å². The lowest BCUT2D eigenvalue weighted by Crippen LogP contribution is -2.30. The molecule has 0 amide bonds. The SMILES string of the molecule is COC1CN(S(=O)(=O)c2ccc(C)cc2Br)CC1OC. The monoisotopic (exact) mass is 363 g/mol. The minimum absolute atomic E-state index is 0.237. The summed E-state index contributed by atoms with van der Waals surface area (Å²) in [6.07, 6.45) is -0.474. The second kappa shape index (κ2) is 6.11. The van der Waals surface area contributed by atoms with Crippen LogP contribution in [0.4, 0.5) is 0 Å². The lowest BCUT2D eigenvalue weighted by Gasteiger charge is -2.17. The molecule has 0 radical (unpaired) electrons. The number of benzene rings is 1. The highest BCUT2D eigenvalue weighted by molar-refractivity contribution is 9.10. The number of methoxy groups -OCH3 is 2. The van der Waals surface area contributed by atoms with E-state index in [2.05, 4.69) is 15.9 Å². The van der Waals surface area contributed by atoms with Gasteiger partial charge in [0.1, 0.15) is 0 Å². The zero-order chi connectivity index (χ0) is 14.9. The third kappa shape index (κ3) is 2.92. The molecule has 2 unspecified atom stereocenters. The van der Waals surface area contributed by atoms with E-state index in [1.165, 1.54) is 4.31 Å². The van der Waals surface area contributed by atoms with Crippen LogP contribution in [0, 0.1) is 6.92 Å². The fourth-order valence-corrected chi connectivity index (χ4v) is 4.93. The fraction of sp³-hybridized carbons (Fsp3) is 0.538. The molecule has 2 atom stereocenters. The summed E-state index contributed by atoms with van der Waals surface area (Å²) in [6, 6.07) is 5.20. The van der Waals surface area contributed by atoms with Crippen molar-refractivity contribution in [2.24, 2.45) is 0 Å². The van der Waals surface area contributed by atoms with Gasteiger partial charge in [0.2, 0.25) is 10.0 Å². The molecule has 1 aliphatic heterocycles. The molecule has 1 fully saturated rings. The van der Waals surface area contributed by atoms with Crippen molar-refractivity contribution in [2.45, 2.75) is 24.0 Å². The van der Waals surface area contributed by atoms with Crippen LogP contribution in [0.2, 0.25) is 0 Å². The number of hydrogen-bond donors (Lipinski definition) is 0. The summed E-state index contributed by atoms with van der Waals surface area (Å²) in [5.41, 5.74) is 1.00. The van der Waals surface area contributed by atoms with E-state index in [0.29, 0.717) is 17.6 Å². The molecule has 1 aromatic carbocycles. The number of halogens is 1. The molecule has 2 rings (SSSR count). The Morgan fingerprint density at radius 3 is 2.20 bits per heavy atom. The second-order valence-electron chi connectivity index (χ2n) is 4.80. The lowest BCUT2D eigenvalue weighted by atomic mass is 10.2. The fourth-order valence-electron chi connectivity index (χ4n) is 2.31. The van der Waals surface area contributed by atoms with E-state index < -0.39 is 10.0 Å². The summed E-state index contributed by atoms with van der Waals surface area (Å²) >= 11 is 3.33. The van der Waals surface area contributed by atoms with Gasteiger partial charge in [-0.15, -0.1) is 0 Å². The zero-order valence-corrected chi connectivity index (χ0v) is 14.1. The van der Waals surface area contributed by atoms with Gasteiger partial charge in [-0.25, -0.2) is 8.42 Å². The zero-order valence-electron chi connectivity index (χ0n) is 11.7. The predicted octanol–water partition coefficient (Wildman–Crippen LogP) is 1.79. The average molecular weight is 364 g/mol. The van der Waals surface area contributed by atoms with Gasteiger partial charge in [0.15, 0.2) is 0 Å². The highest BCUT2D eigenvalue weighted by atomic mass is 79.9. The number of hydrogen-bond acceptors (Lipinski definition) is 4. The summed E-state index contributed by atoms with van der Waals surface area (Å²) in [5.74, 6) is 0. The number of nitrogens with zero attached hydrogens (tertiary/aromatic N) is 1. The van der Waals surface area contributed by atoms with Crippen LogP contribution in [0.1, 0.15) is 5.56 Å². The van der Waals surface area contributed by atoms with Crippen LogP contribution < -0.4 is 0 Å². The topological polar surface area (TPSA) is 55.8 Å². The maximum absolute atomic E-state index is 12.7. The van der Waals surface area contributed by atoms with Gasteiger partial charge in [0.05, 0.1) is 17.1 Å². The molecule has 20 heavy (non-hydrogen) atoms. The summed E-state index contributed by atoms with van der Waals surface area (Å²) in [5, 5.41) is 0. The van der Waals surface area contributed by atoms with Gasteiger partial charge < -0.3 is 9.47 Å². The van der Waals surface area contributed by atoms with Crippen molar-refractivity contribution >= 4 is 26.0 Å². The first kappa shape index (κ1) is 15.9. The third-order valence-electron chi connectivity index (χ3n) is 3.49. The molecule has 7 heteroatoms. The molecule has 0 saturated carbocycles. The highest BCUT2D eigenvalue weighted by Gasteiger charge is 2.40. The molecular weight excluding hydrogens is 346 g/mol. The molecule has 0 spiro atoms. The summed E-state index contributed by atoms with van der Waals surface area (Å²) in [6.45, 7) is 2.52. The molecule has 0 aliphatic carbocycles. The van der Waals surface area contributed by atoms with Crippen LogP contribution in [0.15, 0.2) is 27.6 Å². The van der Waals surface area contributed by atoms with Gasteiger partial charge in [0, 0.05) is 31.8 Å². The van der Waals surface area contributed by atoms with Crippen molar-refractivity contribution in [2.75, 3.05) is 27.3 Å². The Morgan fingerprint density at radius 1 is 1.20 bits per heavy atom. The minimum Gasteiger partial charge on any atom is -0.377 e. The molecule has 5 nitrogen and oxygen atoms in total. The van der Waals surface area contributed by atoms with E-state index in [1.54, 1.807) is 32.4 Å². The molecule has 1 aliphatic rings. The van der Waals surface area contributed by atoms with Crippen molar-refractivity contribution in [3.63, 3.8) is 0 Å². The molecule has 0 N–H and O–H groups in total. The third-order valence-corrected chi connectivity index (χ3v) is 6.30. The van der Waals surface area contributed by atoms with Crippen LogP contribution >= 0.6 is 15.9 Å². The summed E-state index contributed by atoms with van der Waals surface area (Å²) < 4.78 is 37.9. The number of aryl methyl sites for hydroxylation is 1. The number of rotatable bonds is 4. The quantitative estimate of drug-likeness (QED) is 0.818. The minimum atomic E-state index is -3.55. The van der Waals surface area contributed by atoms with Gasteiger partial charge in [0.25, 0.3) is 0 Å². The van der Waals surface area contributed by atoms with Gasteiger partial charge >= 0.3 is 0 Å². The first-order valence-electron chi connectivity index (χ1n) is 6.22. The Labute approximate surface area is 128 Å². The Hall–Kier alpha value is -0.470. The van der Waals surface area contributed by atoms with E-state index >= 15 is 0 Å². The lowest BCUT2D eigenvalue weighted by molar-refractivity contribution is -0.00461. The molecule has 1 heterocycles. The smallest absolute Gasteiger partial charge is 0.244 e. The molecular formula is C13H18BrNO4S. The first-order valence-corrected chi connectivity index (χ1v) is 8.45. The van der Waals surface area contributed by atoms with Crippen LogP contribution in [0.25, 0.3) is 0 Å². The van der Waals surface area contributed by atoms with E-state index in [0.717, 1.165) is 5.56 Å². The van der Waals surface area contributed by atoms with Crippen molar-refractivity contribution in [1.82, 2.24) is 4.31 Å². The van der Waals surface area contributed by atoms with Gasteiger partial charge in [-0.1, -0.05) is 6.07 Å². The van der Waals surface area contributed by atoms with Crippen molar-refractivity contribution in [3.05, 3.63) is 28.2 Å². The van der Waals surface area contributed by atoms with Gasteiger partial charge in [-0.05, 0) is 40.5 Å². The van der Waals surface area contributed by atoms with Gasteiger partial charge in [-0.2, -0.15) is 4.31 Å².